The fourth-order valence-electron chi connectivity index (χ4n) is 10.2. The first-order valence-corrected chi connectivity index (χ1v) is 27.2. The zero-order valence-electron chi connectivity index (χ0n) is 49.7. The molecule has 0 aromatic heterocycles. The molecule has 6 aromatic rings. The summed E-state index contributed by atoms with van der Waals surface area (Å²) in [5.74, 6) is 0.806. The van der Waals surface area contributed by atoms with Crippen molar-refractivity contribution in [1.82, 2.24) is 0 Å². The van der Waals surface area contributed by atoms with Crippen LogP contribution < -0.4 is 0 Å². The summed E-state index contributed by atoms with van der Waals surface area (Å²) in [7, 11) is 0. The van der Waals surface area contributed by atoms with Gasteiger partial charge in [0, 0.05) is 11.8 Å². The van der Waals surface area contributed by atoms with Crippen molar-refractivity contribution in [2.75, 3.05) is 0 Å². The van der Waals surface area contributed by atoms with Crippen LogP contribution in [0.4, 0.5) is 0 Å². The third-order valence-corrected chi connectivity index (χ3v) is 13.6. The Morgan fingerprint density at radius 2 is 0.597 bits per heavy atom. The molecule has 390 valence electrons. The van der Waals surface area contributed by atoms with E-state index in [1.165, 1.54) is 104 Å². The Morgan fingerprint density at radius 3 is 0.833 bits per heavy atom. The quantitative estimate of drug-likeness (QED) is 0.0955. The summed E-state index contributed by atoms with van der Waals surface area (Å²) < 4.78 is 0. The van der Waals surface area contributed by atoms with Crippen molar-refractivity contribution in [3.8, 4) is 0 Å². The summed E-state index contributed by atoms with van der Waals surface area (Å²) in [4.78, 5) is 0. The molecule has 0 heteroatoms. The van der Waals surface area contributed by atoms with Crippen LogP contribution in [0.25, 0.3) is 0 Å². The summed E-state index contributed by atoms with van der Waals surface area (Å²) in [6.45, 7) is 53.5. The van der Waals surface area contributed by atoms with E-state index in [1.807, 2.05) is 13.8 Å². The van der Waals surface area contributed by atoms with Crippen molar-refractivity contribution in [3.63, 3.8) is 0 Å². The van der Waals surface area contributed by atoms with Gasteiger partial charge in [-0.15, -0.1) is 0 Å². The molecule has 0 aliphatic heterocycles. The van der Waals surface area contributed by atoms with E-state index < -0.39 is 0 Å². The number of rotatable bonds is 14. The molecule has 0 nitrogen and oxygen atoms in total. The predicted molar refractivity (Wildman–Crippen MR) is 324 cm³/mol. The first-order chi connectivity index (χ1) is 33.5. The second kappa shape index (κ2) is 29.5. The largest absolute Gasteiger partial charge is 0.0989 e. The van der Waals surface area contributed by atoms with E-state index in [-0.39, 0.29) is 0 Å². The van der Waals surface area contributed by atoms with Gasteiger partial charge in [0.15, 0.2) is 0 Å². The van der Waals surface area contributed by atoms with Gasteiger partial charge in [-0.2, -0.15) is 0 Å². The van der Waals surface area contributed by atoms with Crippen molar-refractivity contribution in [2.45, 2.75) is 189 Å². The van der Waals surface area contributed by atoms with Gasteiger partial charge >= 0.3 is 0 Å². The van der Waals surface area contributed by atoms with E-state index in [4.69, 9.17) is 0 Å². The van der Waals surface area contributed by atoms with Crippen LogP contribution in [0, 0.1) is 63.2 Å². The summed E-state index contributed by atoms with van der Waals surface area (Å²) in [5.41, 5.74) is 20.7. The molecular weight excluding hydrogens is 865 g/mol. The maximum absolute atomic E-state index is 4.29. The van der Waals surface area contributed by atoms with Crippen molar-refractivity contribution < 1.29 is 0 Å². The Bertz CT molecular complexity index is 2330. The fraction of sp³-hybridized carbons (Fsp3) is 0.444. The predicted octanol–water partition coefficient (Wildman–Crippen LogP) is 21.4. The minimum Gasteiger partial charge on any atom is -0.0989 e. The van der Waals surface area contributed by atoms with E-state index in [1.54, 1.807) is 0 Å². The topological polar surface area (TPSA) is 0 Å². The van der Waals surface area contributed by atoms with E-state index >= 15 is 0 Å². The fourth-order valence-corrected chi connectivity index (χ4v) is 10.2. The maximum Gasteiger partial charge on any atom is 0.00204 e. The van der Waals surface area contributed by atoms with E-state index in [0.29, 0.717) is 33.5 Å². The highest BCUT2D eigenvalue weighted by Gasteiger charge is 2.27. The van der Waals surface area contributed by atoms with Crippen molar-refractivity contribution >= 4 is 0 Å². The van der Waals surface area contributed by atoms with Gasteiger partial charge in [0.05, 0.1) is 0 Å². The van der Waals surface area contributed by atoms with E-state index in [2.05, 4.69) is 283 Å². The second-order valence-corrected chi connectivity index (χ2v) is 24.8. The second-order valence-electron chi connectivity index (χ2n) is 24.8. The van der Waals surface area contributed by atoms with Crippen LogP contribution >= 0.6 is 0 Å². The molecule has 6 aromatic carbocycles. The molecule has 0 aliphatic carbocycles. The van der Waals surface area contributed by atoms with Gasteiger partial charge in [0.2, 0.25) is 0 Å². The van der Waals surface area contributed by atoms with Crippen molar-refractivity contribution in [2.24, 2.45) is 21.7 Å². The minimum absolute atomic E-state index is 0.379. The Kier molecular flexibility index (Phi) is 25.8. The zero-order chi connectivity index (χ0) is 54.5. The molecule has 0 heterocycles. The van der Waals surface area contributed by atoms with Gasteiger partial charge in [-0.25, -0.2) is 0 Å². The molecular formula is C72H102. The van der Waals surface area contributed by atoms with Gasteiger partial charge in [0.1, 0.15) is 0 Å². The summed E-state index contributed by atoms with van der Waals surface area (Å²) in [6.07, 6.45) is 6.79. The van der Waals surface area contributed by atoms with Crippen molar-refractivity contribution in [1.29, 1.82) is 0 Å². The van der Waals surface area contributed by atoms with E-state index in [9.17, 15) is 0 Å². The zero-order valence-corrected chi connectivity index (χ0v) is 49.7. The standard InChI is InChI=1S/2C19H22.2C16H26.C2H6/c2*1-14-9-11-18(12-10-14)17(4)16(3)13-19-8-6-5-7-15(19)2;2*1-13-9-7-8-10-14(13)11-16(5,6)12-15(2,3)4;1-2/h2*5-12,17H,3,13H2,1-2,4H3;2*7-10H,11-12H2,1-6H3;1-2H3. The van der Waals surface area contributed by atoms with Crippen LogP contribution in [0.1, 0.15) is 188 Å². The van der Waals surface area contributed by atoms with Crippen LogP contribution in [0.15, 0.2) is 170 Å². The highest BCUT2D eigenvalue weighted by atomic mass is 14.3. The average Bonchev–Trinajstić information content (AvgIpc) is 3.29. The number of allylic oxidation sites excluding steroid dienone is 2. The van der Waals surface area contributed by atoms with Gasteiger partial charge in [-0.3, -0.25) is 0 Å². The molecule has 2 unspecified atom stereocenters. The summed E-state index contributed by atoms with van der Waals surface area (Å²) >= 11 is 0. The lowest BCUT2D eigenvalue weighted by molar-refractivity contribution is 0.210. The summed E-state index contributed by atoms with van der Waals surface area (Å²) in [5, 5.41) is 0. The Labute approximate surface area is 444 Å². The molecule has 0 spiro atoms. The molecule has 0 bridgehead atoms. The smallest absolute Gasteiger partial charge is 0.00204 e. The first-order valence-electron chi connectivity index (χ1n) is 27.2. The monoisotopic (exact) mass is 967 g/mol. The summed E-state index contributed by atoms with van der Waals surface area (Å²) in [6, 6.07) is 52.1. The van der Waals surface area contributed by atoms with Gasteiger partial charge in [-0.05, 0) is 157 Å². The van der Waals surface area contributed by atoms with Crippen LogP contribution in [0.3, 0.4) is 0 Å². The average molecular weight is 968 g/mol. The molecule has 0 aliphatic rings. The normalized spacial score (nSPS) is 12.2. The molecule has 6 rings (SSSR count). The third kappa shape index (κ3) is 24.0. The lowest BCUT2D eigenvalue weighted by Gasteiger charge is -2.33. The number of aryl methyl sites for hydroxylation is 6. The molecule has 0 saturated carbocycles. The van der Waals surface area contributed by atoms with Gasteiger partial charge in [-0.1, -0.05) is 278 Å². The van der Waals surface area contributed by atoms with Gasteiger partial charge < -0.3 is 0 Å². The van der Waals surface area contributed by atoms with Crippen LogP contribution in [0.5, 0.6) is 0 Å². The van der Waals surface area contributed by atoms with Crippen LogP contribution in [-0.4, -0.2) is 0 Å². The van der Waals surface area contributed by atoms with Crippen molar-refractivity contribution in [3.05, 3.63) is 237 Å². The Morgan fingerprint density at radius 1 is 0.361 bits per heavy atom. The molecule has 0 N–H and O–H groups in total. The number of hydrogen-bond acceptors (Lipinski definition) is 0. The molecule has 0 amide bonds. The minimum atomic E-state index is 0.379. The van der Waals surface area contributed by atoms with Crippen LogP contribution in [-0.2, 0) is 25.7 Å². The Balaban J connectivity index is 0.000000326. The molecule has 72 heavy (non-hydrogen) atoms. The Hall–Kier alpha value is -5.20. The molecule has 2 atom stereocenters. The number of benzene rings is 6. The third-order valence-electron chi connectivity index (χ3n) is 13.6. The van der Waals surface area contributed by atoms with Gasteiger partial charge in [0.25, 0.3) is 0 Å². The molecule has 0 radical (unpaired) electrons. The lowest BCUT2D eigenvalue weighted by atomic mass is 9.73. The number of hydrogen-bond donors (Lipinski definition) is 0. The maximum atomic E-state index is 4.29. The SMILES string of the molecule is C=C(Cc1ccccc1C)C(C)c1ccc(C)cc1.C=C(Cc1ccccc1C)C(C)c1ccc(C)cc1.CC.Cc1ccccc1CC(C)(C)CC(C)(C)C.Cc1ccccc1CC(C)(C)CC(C)(C)C. The highest BCUT2D eigenvalue weighted by Crippen LogP contribution is 2.38. The van der Waals surface area contributed by atoms with E-state index in [0.717, 1.165) is 12.8 Å². The first kappa shape index (κ1) is 62.9. The van der Waals surface area contributed by atoms with Crippen LogP contribution in [0.2, 0.25) is 0 Å². The molecule has 0 saturated heterocycles. The molecule has 0 fully saturated rings. The lowest BCUT2D eigenvalue weighted by Crippen LogP contribution is -2.23. The highest BCUT2D eigenvalue weighted by molar-refractivity contribution is 5.37.